The zero-order chi connectivity index (χ0) is 11.5. The summed E-state index contributed by atoms with van der Waals surface area (Å²) in [6.45, 7) is 1.09. The first-order valence-electron chi connectivity index (χ1n) is 4.82. The quantitative estimate of drug-likeness (QED) is 0.776. The maximum absolute atomic E-state index is 12.0. The molecule has 2 heterocycles. The van der Waals surface area contributed by atoms with Gasteiger partial charge in [-0.3, -0.25) is 9.63 Å². The van der Waals surface area contributed by atoms with E-state index in [9.17, 15) is 4.79 Å². The van der Waals surface area contributed by atoms with Crippen molar-refractivity contribution in [1.82, 2.24) is 15.3 Å². The van der Waals surface area contributed by atoms with Crippen molar-refractivity contribution in [2.75, 3.05) is 13.2 Å². The zero-order valence-electron chi connectivity index (χ0n) is 8.32. The molecule has 0 saturated carbocycles. The third kappa shape index (κ3) is 2.42. The Morgan fingerprint density at radius 2 is 2.19 bits per heavy atom. The van der Waals surface area contributed by atoms with Gasteiger partial charge in [-0.25, -0.2) is 5.06 Å². The van der Waals surface area contributed by atoms with Gasteiger partial charge in [-0.05, 0) is 18.9 Å². The smallest absolute Gasteiger partial charge is 0.271 e. The number of hydroxylamine groups is 2. The molecule has 0 radical (unpaired) electrons. The topological polar surface area (TPSA) is 55.3 Å². The van der Waals surface area contributed by atoms with Crippen molar-refractivity contribution in [2.24, 2.45) is 0 Å². The van der Waals surface area contributed by atoms with E-state index in [4.69, 9.17) is 28.0 Å². The second-order valence-electron chi connectivity index (χ2n) is 3.32. The SMILES string of the molecule is O=C(c1cc(Cl)nnc1Cl)N1CCCCO1. The Balaban J connectivity index is 2.22. The molecule has 0 unspecified atom stereocenters. The van der Waals surface area contributed by atoms with Crippen molar-refractivity contribution in [3.05, 3.63) is 21.9 Å². The summed E-state index contributed by atoms with van der Waals surface area (Å²) in [5.74, 6) is -0.332. The van der Waals surface area contributed by atoms with E-state index in [1.165, 1.54) is 11.1 Å². The second-order valence-corrected chi connectivity index (χ2v) is 4.06. The Hall–Kier alpha value is -0.910. The summed E-state index contributed by atoms with van der Waals surface area (Å²) < 4.78 is 0. The van der Waals surface area contributed by atoms with Gasteiger partial charge in [-0.1, -0.05) is 23.2 Å². The minimum absolute atomic E-state index is 0.0311. The molecule has 1 aliphatic heterocycles. The molecular weight excluding hydrogens is 253 g/mol. The molecule has 1 aliphatic rings. The van der Waals surface area contributed by atoms with Crippen LogP contribution in [0.4, 0.5) is 0 Å². The van der Waals surface area contributed by atoms with Gasteiger partial charge in [0.05, 0.1) is 12.2 Å². The van der Waals surface area contributed by atoms with Crippen molar-refractivity contribution in [1.29, 1.82) is 0 Å². The summed E-state index contributed by atoms with van der Waals surface area (Å²) in [5.41, 5.74) is 0.212. The molecule has 1 saturated heterocycles. The lowest BCUT2D eigenvalue weighted by Crippen LogP contribution is -2.36. The highest BCUT2D eigenvalue weighted by Gasteiger charge is 2.22. The molecule has 0 spiro atoms. The highest BCUT2D eigenvalue weighted by atomic mass is 35.5. The third-order valence-corrected chi connectivity index (χ3v) is 2.64. The van der Waals surface area contributed by atoms with Crippen LogP contribution >= 0.6 is 23.2 Å². The van der Waals surface area contributed by atoms with Crippen LogP contribution in [0.3, 0.4) is 0 Å². The van der Waals surface area contributed by atoms with Crippen molar-refractivity contribution < 1.29 is 9.63 Å². The van der Waals surface area contributed by atoms with Gasteiger partial charge in [-0.15, -0.1) is 10.2 Å². The lowest BCUT2D eigenvalue weighted by Gasteiger charge is -2.25. The van der Waals surface area contributed by atoms with Crippen LogP contribution in [-0.2, 0) is 4.84 Å². The Labute approximate surface area is 102 Å². The largest absolute Gasteiger partial charge is 0.280 e. The molecule has 2 rings (SSSR count). The van der Waals surface area contributed by atoms with Gasteiger partial charge < -0.3 is 0 Å². The molecule has 0 atom stereocenters. The summed E-state index contributed by atoms with van der Waals surface area (Å²) in [7, 11) is 0. The van der Waals surface area contributed by atoms with Gasteiger partial charge in [0, 0.05) is 6.54 Å². The molecule has 0 N–H and O–H groups in total. The molecule has 16 heavy (non-hydrogen) atoms. The summed E-state index contributed by atoms with van der Waals surface area (Å²) in [6.07, 6.45) is 1.86. The predicted octanol–water partition coefficient (Wildman–Crippen LogP) is 1.95. The van der Waals surface area contributed by atoms with E-state index in [0.29, 0.717) is 13.2 Å². The van der Waals surface area contributed by atoms with Gasteiger partial charge in [0.25, 0.3) is 5.91 Å². The molecule has 7 heteroatoms. The van der Waals surface area contributed by atoms with Crippen LogP contribution in [0.15, 0.2) is 6.07 Å². The minimum Gasteiger partial charge on any atom is -0.271 e. The highest BCUT2D eigenvalue weighted by molar-refractivity contribution is 6.34. The lowest BCUT2D eigenvalue weighted by atomic mass is 10.2. The molecule has 86 valence electrons. The number of aromatic nitrogens is 2. The average molecular weight is 262 g/mol. The normalized spacial score (nSPS) is 16.2. The zero-order valence-corrected chi connectivity index (χ0v) is 9.83. The average Bonchev–Trinajstić information content (AvgIpc) is 2.32. The van der Waals surface area contributed by atoms with Gasteiger partial charge in [0.2, 0.25) is 0 Å². The van der Waals surface area contributed by atoms with Crippen LogP contribution in [0, 0.1) is 0 Å². The van der Waals surface area contributed by atoms with E-state index in [2.05, 4.69) is 10.2 Å². The number of carbonyl (C=O) groups excluding carboxylic acids is 1. The Kier molecular flexibility index (Phi) is 3.58. The van der Waals surface area contributed by atoms with E-state index in [-0.39, 0.29) is 21.8 Å². The number of amides is 1. The number of rotatable bonds is 1. The van der Waals surface area contributed by atoms with Crippen molar-refractivity contribution in [2.45, 2.75) is 12.8 Å². The van der Waals surface area contributed by atoms with Crippen LogP contribution in [0.2, 0.25) is 10.3 Å². The summed E-state index contributed by atoms with van der Waals surface area (Å²) >= 11 is 11.4. The van der Waals surface area contributed by atoms with E-state index < -0.39 is 0 Å². The molecule has 0 aliphatic carbocycles. The summed E-state index contributed by atoms with van der Waals surface area (Å²) in [5, 5.41) is 8.55. The van der Waals surface area contributed by atoms with E-state index in [0.717, 1.165) is 12.8 Å². The fourth-order valence-electron chi connectivity index (χ4n) is 1.39. The van der Waals surface area contributed by atoms with Crippen LogP contribution in [0.5, 0.6) is 0 Å². The van der Waals surface area contributed by atoms with Crippen molar-refractivity contribution in [3.8, 4) is 0 Å². The molecule has 0 bridgehead atoms. The van der Waals surface area contributed by atoms with Gasteiger partial charge >= 0.3 is 0 Å². The molecule has 5 nitrogen and oxygen atoms in total. The van der Waals surface area contributed by atoms with E-state index in [1.807, 2.05) is 0 Å². The van der Waals surface area contributed by atoms with Crippen LogP contribution in [0.25, 0.3) is 0 Å². The third-order valence-electron chi connectivity index (χ3n) is 2.18. The van der Waals surface area contributed by atoms with Crippen molar-refractivity contribution in [3.63, 3.8) is 0 Å². The van der Waals surface area contributed by atoms with Crippen molar-refractivity contribution >= 4 is 29.1 Å². The Morgan fingerprint density at radius 3 is 2.88 bits per heavy atom. The van der Waals surface area contributed by atoms with Crippen LogP contribution < -0.4 is 0 Å². The molecular formula is C9H9Cl2N3O2. The predicted molar refractivity (Wildman–Crippen MR) is 58.3 cm³/mol. The molecule has 1 fully saturated rings. The Bertz CT molecular complexity index is 408. The maximum atomic E-state index is 12.0. The van der Waals surface area contributed by atoms with Crippen LogP contribution in [-0.4, -0.2) is 34.3 Å². The molecule has 1 aromatic rings. The first-order chi connectivity index (χ1) is 7.68. The van der Waals surface area contributed by atoms with E-state index in [1.54, 1.807) is 0 Å². The minimum atomic E-state index is -0.332. The molecule has 0 aromatic carbocycles. The fraction of sp³-hybridized carbons (Fsp3) is 0.444. The number of carbonyl (C=O) groups is 1. The van der Waals surface area contributed by atoms with Gasteiger partial charge in [0.1, 0.15) is 0 Å². The standard InChI is InChI=1S/C9H9Cl2N3O2/c10-7-5-6(8(11)13-12-7)9(15)14-3-1-2-4-16-14/h5H,1-4H2. The monoisotopic (exact) mass is 261 g/mol. The van der Waals surface area contributed by atoms with E-state index >= 15 is 0 Å². The first-order valence-corrected chi connectivity index (χ1v) is 5.57. The first kappa shape index (κ1) is 11.6. The molecule has 1 amide bonds. The number of hydrogen-bond donors (Lipinski definition) is 0. The summed E-state index contributed by atoms with van der Waals surface area (Å²) in [6, 6.07) is 1.39. The Morgan fingerprint density at radius 1 is 1.38 bits per heavy atom. The summed E-state index contributed by atoms with van der Waals surface area (Å²) in [4.78, 5) is 17.2. The maximum Gasteiger partial charge on any atom is 0.280 e. The van der Waals surface area contributed by atoms with Gasteiger partial charge in [-0.2, -0.15) is 0 Å². The number of nitrogens with zero attached hydrogens (tertiary/aromatic N) is 3. The number of hydrogen-bond acceptors (Lipinski definition) is 4. The lowest BCUT2D eigenvalue weighted by molar-refractivity contribution is -0.144. The molecule has 1 aromatic heterocycles. The highest BCUT2D eigenvalue weighted by Crippen LogP contribution is 2.19. The number of halogens is 2. The van der Waals surface area contributed by atoms with Gasteiger partial charge in [0.15, 0.2) is 10.3 Å². The van der Waals surface area contributed by atoms with Crippen LogP contribution in [0.1, 0.15) is 23.2 Å². The second kappa shape index (κ2) is 4.95. The fourth-order valence-corrected chi connectivity index (χ4v) is 1.71.